The van der Waals surface area contributed by atoms with E-state index in [1.165, 1.54) is 24.8 Å². The molecule has 120 valence electrons. The number of nitrogens with one attached hydrogen (secondary N) is 1. The van der Waals surface area contributed by atoms with E-state index in [1.54, 1.807) is 0 Å². The predicted molar refractivity (Wildman–Crippen MR) is 89.7 cm³/mol. The summed E-state index contributed by atoms with van der Waals surface area (Å²) in [5.41, 5.74) is 1.34. The van der Waals surface area contributed by atoms with Crippen molar-refractivity contribution in [3.63, 3.8) is 0 Å². The van der Waals surface area contributed by atoms with Crippen molar-refractivity contribution in [2.24, 2.45) is 0 Å². The summed E-state index contributed by atoms with van der Waals surface area (Å²) in [5, 5.41) is 3.71. The summed E-state index contributed by atoms with van der Waals surface area (Å²) in [6.45, 7) is 3.10. The molecule has 0 radical (unpaired) electrons. The Morgan fingerprint density at radius 1 is 1.23 bits per heavy atom. The Bertz CT molecular complexity index is 487. The van der Waals surface area contributed by atoms with Gasteiger partial charge in [0.05, 0.1) is 0 Å². The molecule has 0 aliphatic carbocycles. The molecule has 2 aliphatic heterocycles. The van der Waals surface area contributed by atoms with Gasteiger partial charge in [0.25, 0.3) is 0 Å². The van der Waals surface area contributed by atoms with Crippen molar-refractivity contribution in [3.05, 3.63) is 35.9 Å². The SMILES string of the molecule is CCC(=O)N1[C@H](Cc2ccccc2)C[C@@H]2NCCCCC[C@H]21. The van der Waals surface area contributed by atoms with Gasteiger partial charge in [0.15, 0.2) is 0 Å². The molecule has 3 atom stereocenters. The van der Waals surface area contributed by atoms with E-state index in [0.717, 1.165) is 25.8 Å². The van der Waals surface area contributed by atoms with Gasteiger partial charge < -0.3 is 10.2 Å². The third kappa shape index (κ3) is 3.35. The topological polar surface area (TPSA) is 32.3 Å². The lowest BCUT2D eigenvalue weighted by Crippen LogP contribution is -2.47. The number of carbonyl (C=O) groups is 1. The predicted octanol–water partition coefficient (Wildman–Crippen LogP) is 3.14. The molecule has 0 spiro atoms. The maximum Gasteiger partial charge on any atom is 0.222 e. The van der Waals surface area contributed by atoms with Gasteiger partial charge in [-0.2, -0.15) is 0 Å². The smallest absolute Gasteiger partial charge is 0.222 e. The van der Waals surface area contributed by atoms with Crippen LogP contribution in [0.15, 0.2) is 30.3 Å². The zero-order valence-electron chi connectivity index (χ0n) is 13.6. The van der Waals surface area contributed by atoms with Gasteiger partial charge >= 0.3 is 0 Å². The van der Waals surface area contributed by atoms with Gasteiger partial charge in [-0.15, -0.1) is 0 Å². The first kappa shape index (κ1) is 15.5. The summed E-state index contributed by atoms with van der Waals surface area (Å²) in [5.74, 6) is 0.329. The zero-order valence-corrected chi connectivity index (χ0v) is 13.6. The van der Waals surface area contributed by atoms with Crippen molar-refractivity contribution in [2.75, 3.05) is 6.54 Å². The summed E-state index contributed by atoms with van der Waals surface area (Å²) < 4.78 is 0. The van der Waals surface area contributed by atoms with E-state index in [0.29, 0.717) is 30.5 Å². The van der Waals surface area contributed by atoms with E-state index in [2.05, 4.69) is 40.5 Å². The molecule has 2 heterocycles. The molecule has 0 bridgehead atoms. The second kappa shape index (κ2) is 7.28. The van der Waals surface area contributed by atoms with Crippen LogP contribution >= 0.6 is 0 Å². The monoisotopic (exact) mass is 300 g/mol. The fourth-order valence-electron chi connectivity index (χ4n) is 4.17. The highest BCUT2D eigenvalue weighted by Crippen LogP contribution is 2.32. The number of likely N-dealkylation sites (tertiary alicyclic amines) is 1. The van der Waals surface area contributed by atoms with Gasteiger partial charge in [-0.05, 0) is 37.8 Å². The van der Waals surface area contributed by atoms with Crippen LogP contribution in [0.3, 0.4) is 0 Å². The normalized spacial score (nSPS) is 28.8. The standard InChI is InChI=1S/C19H28N2O/c1-2-19(22)21-16(13-15-9-5-3-6-10-15)14-17-18(21)11-7-4-8-12-20-17/h3,5-6,9-10,16-18,20H,2,4,7-8,11-14H2,1H3/t16-,17+,18-/m1/s1. The van der Waals surface area contributed by atoms with Crippen LogP contribution in [0.25, 0.3) is 0 Å². The quantitative estimate of drug-likeness (QED) is 0.930. The van der Waals surface area contributed by atoms with Crippen LogP contribution in [0.1, 0.15) is 51.0 Å². The van der Waals surface area contributed by atoms with Gasteiger partial charge in [-0.25, -0.2) is 0 Å². The number of carbonyl (C=O) groups excluding carboxylic acids is 1. The fourth-order valence-corrected chi connectivity index (χ4v) is 4.17. The number of fused-ring (bicyclic) bond motifs is 1. The Hall–Kier alpha value is -1.35. The van der Waals surface area contributed by atoms with Crippen molar-refractivity contribution in [1.82, 2.24) is 10.2 Å². The van der Waals surface area contributed by atoms with Gasteiger partial charge in [-0.1, -0.05) is 50.1 Å². The van der Waals surface area contributed by atoms with Crippen LogP contribution in [-0.4, -0.2) is 35.5 Å². The minimum atomic E-state index is 0.329. The van der Waals surface area contributed by atoms with Crippen molar-refractivity contribution in [1.29, 1.82) is 0 Å². The first-order chi connectivity index (χ1) is 10.8. The summed E-state index contributed by atoms with van der Waals surface area (Å²) >= 11 is 0. The minimum absolute atomic E-state index is 0.329. The van der Waals surface area contributed by atoms with Gasteiger partial charge in [-0.3, -0.25) is 4.79 Å². The number of rotatable bonds is 3. The molecule has 1 N–H and O–H groups in total. The van der Waals surface area contributed by atoms with Crippen molar-refractivity contribution >= 4 is 5.91 Å². The minimum Gasteiger partial charge on any atom is -0.335 e. The van der Waals surface area contributed by atoms with Crippen LogP contribution in [0.2, 0.25) is 0 Å². The molecule has 0 aromatic heterocycles. The molecule has 3 heteroatoms. The number of benzene rings is 1. The lowest BCUT2D eigenvalue weighted by atomic mass is 9.98. The molecule has 2 fully saturated rings. The maximum absolute atomic E-state index is 12.6. The van der Waals surface area contributed by atoms with Crippen LogP contribution in [-0.2, 0) is 11.2 Å². The Morgan fingerprint density at radius 2 is 2.05 bits per heavy atom. The molecular formula is C19H28N2O. The number of nitrogens with zero attached hydrogens (tertiary/aromatic N) is 1. The van der Waals surface area contributed by atoms with E-state index in [9.17, 15) is 4.79 Å². The highest BCUT2D eigenvalue weighted by molar-refractivity contribution is 5.77. The molecular weight excluding hydrogens is 272 g/mol. The van der Waals surface area contributed by atoms with Crippen LogP contribution in [0.4, 0.5) is 0 Å². The van der Waals surface area contributed by atoms with E-state index in [4.69, 9.17) is 0 Å². The molecule has 3 rings (SSSR count). The Kier molecular flexibility index (Phi) is 5.14. The number of hydrogen-bond donors (Lipinski definition) is 1. The van der Waals surface area contributed by atoms with Crippen molar-refractivity contribution in [2.45, 2.75) is 70.0 Å². The second-order valence-corrected chi connectivity index (χ2v) is 6.71. The van der Waals surface area contributed by atoms with Crippen molar-refractivity contribution in [3.8, 4) is 0 Å². The third-order valence-corrected chi connectivity index (χ3v) is 5.23. The molecule has 3 nitrogen and oxygen atoms in total. The fraction of sp³-hybridized carbons (Fsp3) is 0.632. The molecule has 1 amide bonds. The van der Waals surface area contributed by atoms with E-state index >= 15 is 0 Å². The van der Waals surface area contributed by atoms with Gasteiger partial charge in [0.1, 0.15) is 0 Å². The number of hydrogen-bond acceptors (Lipinski definition) is 2. The summed E-state index contributed by atoms with van der Waals surface area (Å²) in [7, 11) is 0. The van der Waals surface area contributed by atoms with Gasteiger partial charge in [0, 0.05) is 24.5 Å². The number of amides is 1. The van der Waals surface area contributed by atoms with Crippen LogP contribution < -0.4 is 5.32 Å². The summed E-state index contributed by atoms with van der Waals surface area (Å²) in [6, 6.07) is 11.9. The van der Waals surface area contributed by atoms with E-state index in [-0.39, 0.29) is 0 Å². The molecule has 22 heavy (non-hydrogen) atoms. The molecule has 0 saturated carbocycles. The largest absolute Gasteiger partial charge is 0.335 e. The Labute approximate surface area is 134 Å². The van der Waals surface area contributed by atoms with Crippen LogP contribution in [0.5, 0.6) is 0 Å². The Morgan fingerprint density at radius 3 is 2.82 bits per heavy atom. The molecule has 2 saturated heterocycles. The zero-order chi connectivity index (χ0) is 15.4. The van der Waals surface area contributed by atoms with E-state index in [1.807, 2.05) is 6.92 Å². The summed E-state index contributed by atoms with van der Waals surface area (Å²) in [6.07, 6.45) is 7.69. The van der Waals surface area contributed by atoms with Crippen LogP contribution in [0, 0.1) is 0 Å². The first-order valence-electron chi connectivity index (χ1n) is 8.88. The first-order valence-corrected chi connectivity index (χ1v) is 8.88. The lowest BCUT2D eigenvalue weighted by molar-refractivity contribution is -0.134. The average Bonchev–Trinajstić information content (AvgIpc) is 2.84. The van der Waals surface area contributed by atoms with Gasteiger partial charge in [0.2, 0.25) is 5.91 Å². The highest BCUT2D eigenvalue weighted by Gasteiger charge is 2.42. The second-order valence-electron chi connectivity index (χ2n) is 6.71. The van der Waals surface area contributed by atoms with Crippen molar-refractivity contribution < 1.29 is 4.79 Å². The molecule has 2 aliphatic rings. The summed E-state index contributed by atoms with van der Waals surface area (Å²) in [4.78, 5) is 14.8. The van der Waals surface area contributed by atoms with E-state index < -0.39 is 0 Å². The third-order valence-electron chi connectivity index (χ3n) is 5.23. The highest BCUT2D eigenvalue weighted by atomic mass is 16.2. The molecule has 0 unspecified atom stereocenters. The molecule has 1 aromatic carbocycles. The average molecular weight is 300 g/mol. The Balaban J connectivity index is 1.79. The lowest BCUT2D eigenvalue weighted by Gasteiger charge is -2.33. The maximum atomic E-state index is 12.6. The molecule has 1 aromatic rings.